The smallest absolute Gasteiger partial charge is 0.313 e. The minimum absolute atomic E-state index is 0.162. The van der Waals surface area contributed by atoms with Crippen molar-refractivity contribution in [3.63, 3.8) is 0 Å². The first-order chi connectivity index (χ1) is 17.4. The van der Waals surface area contributed by atoms with Gasteiger partial charge in [-0.1, -0.05) is 62.4 Å². The van der Waals surface area contributed by atoms with Crippen molar-refractivity contribution in [1.29, 1.82) is 0 Å². The predicted molar refractivity (Wildman–Crippen MR) is 146 cm³/mol. The number of esters is 1. The van der Waals surface area contributed by atoms with Crippen LogP contribution in [0.5, 0.6) is 0 Å². The Balaban J connectivity index is 1.44. The van der Waals surface area contributed by atoms with Gasteiger partial charge in [-0.15, -0.1) is 6.58 Å². The Morgan fingerprint density at radius 3 is 2.61 bits per heavy atom. The Bertz CT molecular complexity index is 1210. The van der Waals surface area contributed by atoms with Crippen LogP contribution in [0.2, 0.25) is 0 Å². The molecule has 3 fully saturated rings. The third-order valence-electron chi connectivity index (χ3n) is 8.21. The van der Waals surface area contributed by atoms with E-state index in [0.29, 0.717) is 17.8 Å². The van der Waals surface area contributed by atoms with Crippen LogP contribution in [0, 0.1) is 17.8 Å². The van der Waals surface area contributed by atoms with E-state index in [1.54, 1.807) is 0 Å². The summed E-state index contributed by atoms with van der Waals surface area (Å²) in [5, 5.41) is 1.06. The fraction of sp³-hybridized carbons (Fsp3) is 0.438. The molecule has 4 heteroatoms. The van der Waals surface area contributed by atoms with Gasteiger partial charge < -0.3 is 4.74 Å². The van der Waals surface area contributed by atoms with E-state index in [1.165, 1.54) is 12.0 Å². The van der Waals surface area contributed by atoms with E-state index >= 15 is 0 Å². The van der Waals surface area contributed by atoms with E-state index in [1.807, 2.05) is 37.4 Å². The fourth-order valence-electron chi connectivity index (χ4n) is 6.18. The molecular weight excluding hydrogens is 444 g/mol. The van der Waals surface area contributed by atoms with Crippen molar-refractivity contribution in [3.8, 4) is 0 Å². The highest BCUT2D eigenvalue weighted by molar-refractivity contribution is 5.83. The van der Waals surface area contributed by atoms with E-state index in [2.05, 4.69) is 66.7 Å². The number of pyridine rings is 1. The second kappa shape index (κ2) is 10.6. The molecule has 2 bridgehead atoms. The molecule has 3 aromatic rings. The van der Waals surface area contributed by atoms with E-state index in [-0.39, 0.29) is 24.0 Å². The number of aromatic nitrogens is 1. The lowest BCUT2D eigenvalue weighted by Gasteiger charge is -2.51. The lowest BCUT2D eigenvalue weighted by atomic mass is 9.73. The lowest BCUT2D eigenvalue weighted by molar-refractivity contribution is -0.158. The SMILES string of the molecule is C=C[C@@H]1CN2CC[C@H]1C[C@@H]2[C@H](OC(=O)[C@@H](C)c1ccc(CC(C)C)cc1)c1ccnc2ccccc12. The highest BCUT2D eigenvalue weighted by Crippen LogP contribution is 2.43. The van der Waals surface area contributed by atoms with Crippen LogP contribution in [0.15, 0.2) is 73.4 Å². The summed E-state index contributed by atoms with van der Waals surface area (Å²) >= 11 is 0. The fourth-order valence-corrected chi connectivity index (χ4v) is 6.18. The molecule has 0 amide bonds. The number of nitrogens with zero attached hydrogens (tertiary/aromatic N) is 2. The van der Waals surface area contributed by atoms with E-state index in [9.17, 15) is 4.79 Å². The first-order valence-electron chi connectivity index (χ1n) is 13.4. The molecule has 6 atom stereocenters. The molecular formula is C32H38N2O2. The predicted octanol–water partition coefficient (Wildman–Crippen LogP) is 6.72. The number of hydrogen-bond donors (Lipinski definition) is 0. The van der Waals surface area contributed by atoms with Gasteiger partial charge in [-0.3, -0.25) is 14.7 Å². The summed E-state index contributed by atoms with van der Waals surface area (Å²) in [5.41, 5.74) is 4.30. The standard InChI is InChI=1S/C32H38N2O2/c1-5-24-20-34-17-15-26(24)19-30(34)31(28-14-16-33-29-9-7-6-8-27(28)29)36-32(35)22(4)25-12-10-23(11-13-25)18-21(2)3/h5-14,16,21-22,24,26,30-31H,1,15,17-20H2,2-4H3/t22-,24+,26-,30+,31+/m0/s1. The Labute approximate surface area is 215 Å². The quantitative estimate of drug-likeness (QED) is 0.264. The molecule has 3 saturated heterocycles. The monoisotopic (exact) mass is 482 g/mol. The molecule has 0 N–H and O–H groups in total. The maximum atomic E-state index is 13.6. The Morgan fingerprint density at radius 2 is 1.92 bits per heavy atom. The number of piperidine rings is 3. The van der Waals surface area contributed by atoms with Crippen LogP contribution in [0.1, 0.15) is 62.3 Å². The maximum Gasteiger partial charge on any atom is 0.313 e. The van der Waals surface area contributed by atoms with E-state index < -0.39 is 0 Å². The molecule has 4 heterocycles. The summed E-state index contributed by atoms with van der Waals surface area (Å²) in [5.74, 6) is 1.23. The average molecular weight is 483 g/mol. The Hall–Kier alpha value is -2.98. The van der Waals surface area contributed by atoms with Gasteiger partial charge in [-0.25, -0.2) is 0 Å². The molecule has 1 aromatic heterocycles. The molecule has 2 aromatic carbocycles. The zero-order chi connectivity index (χ0) is 25.2. The molecule has 4 nitrogen and oxygen atoms in total. The Kier molecular flexibility index (Phi) is 7.25. The van der Waals surface area contributed by atoms with Crippen LogP contribution >= 0.6 is 0 Å². The molecule has 0 spiro atoms. The minimum Gasteiger partial charge on any atom is -0.455 e. The molecule has 3 aliphatic rings. The summed E-state index contributed by atoms with van der Waals surface area (Å²) in [6, 6.07) is 18.8. The average Bonchev–Trinajstić information content (AvgIpc) is 2.91. The number of rotatable bonds is 8. The van der Waals surface area contributed by atoms with Crippen molar-refractivity contribution in [2.45, 2.75) is 58.1 Å². The van der Waals surface area contributed by atoms with Gasteiger partial charge in [-0.2, -0.15) is 0 Å². The Morgan fingerprint density at radius 1 is 1.14 bits per heavy atom. The normalized spacial score (nSPS) is 25.0. The summed E-state index contributed by atoms with van der Waals surface area (Å²) in [6.07, 6.45) is 6.87. The summed E-state index contributed by atoms with van der Waals surface area (Å²) in [7, 11) is 0. The van der Waals surface area contributed by atoms with Crippen molar-refractivity contribution in [2.24, 2.45) is 17.8 Å². The third kappa shape index (κ3) is 4.97. The van der Waals surface area contributed by atoms with Gasteiger partial charge in [0.2, 0.25) is 0 Å². The maximum absolute atomic E-state index is 13.6. The van der Waals surface area contributed by atoms with Crippen molar-refractivity contribution < 1.29 is 9.53 Å². The summed E-state index contributed by atoms with van der Waals surface area (Å²) in [6.45, 7) is 12.5. The second-order valence-corrected chi connectivity index (χ2v) is 11.1. The van der Waals surface area contributed by atoms with Crippen LogP contribution in [-0.4, -0.2) is 35.0 Å². The van der Waals surface area contributed by atoms with Crippen LogP contribution in [-0.2, 0) is 16.0 Å². The van der Waals surface area contributed by atoms with Gasteiger partial charge >= 0.3 is 5.97 Å². The van der Waals surface area contributed by atoms with Crippen LogP contribution in [0.4, 0.5) is 0 Å². The van der Waals surface area contributed by atoms with Crippen molar-refractivity contribution >= 4 is 16.9 Å². The molecule has 6 rings (SSSR count). The molecule has 188 valence electrons. The summed E-state index contributed by atoms with van der Waals surface area (Å²) in [4.78, 5) is 20.7. The van der Waals surface area contributed by atoms with E-state index in [0.717, 1.165) is 48.0 Å². The number of carbonyl (C=O) groups excluding carboxylic acids is 1. The summed E-state index contributed by atoms with van der Waals surface area (Å²) < 4.78 is 6.48. The number of ether oxygens (including phenoxy) is 1. The zero-order valence-electron chi connectivity index (χ0n) is 21.8. The van der Waals surface area contributed by atoms with Crippen molar-refractivity contribution in [1.82, 2.24) is 9.88 Å². The number of fused-ring (bicyclic) bond motifs is 4. The van der Waals surface area contributed by atoms with Crippen molar-refractivity contribution in [2.75, 3.05) is 13.1 Å². The van der Waals surface area contributed by atoms with Crippen molar-refractivity contribution in [3.05, 3.63) is 90.1 Å². The topological polar surface area (TPSA) is 42.4 Å². The minimum atomic E-state index is -0.332. The molecule has 0 radical (unpaired) electrons. The lowest BCUT2D eigenvalue weighted by Crippen LogP contribution is -2.55. The molecule has 3 aliphatic heterocycles. The number of hydrogen-bond acceptors (Lipinski definition) is 4. The van der Waals surface area contributed by atoms with Gasteiger partial charge in [0.05, 0.1) is 17.5 Å². The van der Waals surface area contributed by atoms with Gasteiger partial charge in [0.1, 0.15) is 6.10 Å². The van der Waals surface area contributed by atoms with Gasteiger partial charge in [0, 0.05) is 23.7 Å². The highest BCUT2D eigenvalue weighted by atomic mass is 16.5. The van der Waals surface area contributed by atoms with Crippen LogP contribution < -0.4 is 0 Å². The number of benzene rings is 2. The van der Waals surface area contributed by atoms with E-state index in [4.69, 9.17) is 4.74 Å². The second-order valence-electron chi connectivity index (χ2n) is 11.1. The third-order valence-corrected chi connectivity index (χ3v) is 8.21. The number of para-hydroxylation sites is 1. The molecule has 36 heavy (non-hydrogen) atoms. The number of carbonyl (C=O) groups is 1. The van der Waals surface area contributed by atoms with Crippen LogP contribution in [0.3, 0.4) is 0 Å². The first kappa shape index (κ1) is 24.7. The molecule has 1 unspecified atom stereocenters. The van der Waals surface area contributed by atoms with Gasteiger partial charge in [-0.05, 0) is 73.7 Å². The van der Waals surface area contributed by atoms with Gasteiger partial charge in [0.25, 0.3) is 0 Å². The zero-order valence-corrected chi connectivity index (χ0v) is 21.8. The first-order valence-corrected chi connectivity index (χ1v) is 13.4. The largest absolute Gasteiger partial charge is 0.455 e. The van der Waals surface area contributed by atoms with Gasteiger partial charge in [0.15, 0.2) is 0 Å². The van der Waals surface area contributed by atoms with Crippen LogP contribution in [0.25, 0.3) is 10.9 Å². The molecule has 0 saturated carbocycles. The highest BCUT2D eigenvalue weighted by Gasteiger charge is 2.44. The molecule has 0 aliphatic carbocycles.